The van der Waals surface area contributed by atoms with E-state index in [1.54, 1.807) is 42.5 Å². The van der Waals surface area contributed by atoms with Crippen molar-refractivity contribution in [3.05, 3.63) is 63.1 Å². The van der Waals surface area contributed by atoms with E-state index in [0.29, 0.717) is 26.3 Å². The molecular weight excluding hydrogens is 293 g/mol. The van der Waals surface area contributed by atoms with Crippen LogP contribution in [-0.4, -0.2) is 5.91 Å². The van der Waals surface area contributed by atoms with Crippen molar-refractivity contribution < 1.29 is 4.79 Å². The second kappa shape index (κ2) is 5.61. The highest BCUT2D eigenvalue weighted by Gasteiger charge is 2.11. The summed E-state index contributed by atoms with van der Waals surface area (Å²) in [5, 5.41) is 3.96. The van der Waals surface area contributed by atoms with Crippen molar-refractivity contribution in [3.8, 4) is 0 Å². The van der Waals surface area contributed by atoms with E-state index in [-0.39, 0.29) is 5.91 Å². The zero-order valence-electron chi connectivity index (χ0n) is 9.08. The van der Waals surface area contributed by atoms with Crippen molar-refractivity contribution in [1.82, 2.24) is 0 Å². The third-order valence-corrected chi connectivity index (χ3v) is 3.18. The molecule has 18 heavy (non-hydrogen) atoms. The van der Waals surface area contributed by atoms with Gasteiger partial charge in [0, 0.05) is 5.02 Å². The Bertz CT molecular complexity index is 599. The van der Waals surface area contributed by atoms with Crippen LogP contribution in [0.1, 0.15) is 10.4 Å². The van der Waals surface area contributed by atoms with Gasteiger partial charge in [0.1, 0.15) is 0 Å². The molecule has 2 rings (SSSR count). The number of carbonyl (C=O) groups is 1. The molecule has 2 aromatic carbocycles. The van der Waals surface area contributed by atoms with Crippen LogP contribution in [0.2, 0.25) is 15.1 Å². The summed E-state index contributed by atoms with van der Waals surface area (Å²) in [4.78, 5) is 12.0. The van der Waals surface area contributed by atoms with E-state index in [2.05, 4.69) is 5.32 Å². The highest BCUT2D eigenvalue weighted by Crippen LogP contribution is 2.26. The van der Waals surface area contributed by atoms with E-state index in [9.17, 15) is 4.79 Å². The van der Waals surface area contributed by atoms with E-state index in [0.717, 1.165) is 0 Å². The van der Waals surface area contributed by atoms with Gasteiger partial charge in [0.2, 0.25) is 0 Å². The maximum atomic E-state index is 12.0. The molecule has 5 heteroatoms. The van der Waals surface area contributed by atoms with Crippen molar-refractivity contribution >= 4 is 46.4 Å². The maximum absolute atomic E-state index is 12.0. The van der Waals surface area contributed by atoms with Gasteiger partial charge >= 0.3 is 0 Å². The topological polar surface area (TPSA) is 29.1 Å². The summed E-state index contributed by atoms with van der Waals surface area (Å²) in [5.41, 5.74) is 0.885. The van der Waals surface area contributed by atoms with Gasteiger partial charge in [0.05, 0.1) is 21.3 Å². The number of rotatable bonds is 2. The van der Waals surface area contributed by atoms with Gasteiger partial charge in [-0.25, -0.2) is 0 Å². The molecule has 0 aromatic heterocycles. The van der Waals surface area contributed by atoms with Crippen molar-refractivity contribution in [2.75, 3.05) is 5.32 Å². The Kier molecular flexibility index (Phi) is 4.12. The Labute approximate surface area is 119 Å². The van der Waals surface area contributed by atoms with Crippen LogP contribution in [0.15, 0.2) is 42.5 Å². The van der Waals surface area contributed by atoms with Crippen molar-refractivity contribution in [1.29, 1.82) is 0 Å². The first kappa shape index (κ1) is 13.2. The summed E-state index contributed by atoms with van der Waals surface area (Å²) in [6, 6.07) is 11.6. The molecule has 0 unspecified atom stereocenters. The molecule has 2 aromatic rings. The van der Waals surface area contributed by atoms with Crippen LogP contribution in [0.25, 0.3) is 0 Å². The van der Waals surface area contributed by atoms with E-state index in [4.69, 9.17) is 34.8 Å². The minimum atomic E-state index is -0.315. The second-order valence-corrected chi connectivity index (χ2v) is 4.81. The first-order valence-electron chi connectivity index (χ1n) is 5.09. The summed E-state index contributed by atoms with van der Waals surface area (Å²) in [5.74, 6) is -0.315. The SMILES string of the molecule is O=C(Nc1ccc(Cl)cc1Cl)c1ccccc1Cl. The van der Waals surface area contributed by atoms with Crippen LogP contribution >= 0.6 is 34.8 Å². The minimum Gasteiger partial charge on any atom is -0.321 e. The van der Waals surface area contributed by atoms with E-state index in [1.165, 1.54) is 0 Å². The zero-order valence-corrected chi connectivity index (χ0v) is 11.4. The maximum Gasteiger partial charge on any atom is 0.257 e. The quantitative estimate of drug-likeness (QED) is 0.840. The summed E-state index contributed by atoms with van der Waals surface area (Å²) in [6.07, 6.45) is 0. The fraction of sp³-hybridized carbons (Fsp3) is 0. The van der Waals surface area contributed by atoms with E-state index in [1.807, 2.05) is 0 Å². The van der Waals surface area contributed by atoms with Crippen molar-refractivity contribution in [2.45, 2.75) is 0 Å². The van der Waals surface area contributed by atoms with Gasteiger partial charge in [-0.2, -0.15) is 0 Å². The van der Waals surface area contributed by atoms with Gasteiger partial charge in [-0.15, -0.1) is 0 Å². The van der Waals surface area contributed by atoms with Gasteiger partial charge in [-0.3, -0.25) is 4.79 Å². The molecule has 0 atom stereocenters. The molecule has 0 bridgehead atoms. The fourth-order valence-corrected chi connectivity index (χ4v) is 2.10. The summed E-state index contributed by atoms with van der Waals surface area (Å²) < 4.78 is 0. The van der Waals surface area contributed by atoms with Crippen molar-refractivity contribution in [3.63, 3.8) is 0 Å². The van der Waals surface area contributed by atoms with Gasteiger partial charge in [-0.1, -0.05) is 46.9 Å². The number of hydrogen-bond acceptors (Lipinski definition) is 1. The number of anilines is 1. The Balaban J connectivity index is 2.24. The summed E-state index contributed by atoms with van der Waals surface area (Å²) >= 11 is 17.7. The van der Waals surface area contributed by atoms with E-state index < -0.39 is 0 Å². The lowest BCUT2D eigenvalue weighted by Crippen LogP contribution is -2.12. The first-order chi connectivity index (χ1) is 8.58. The van der Waals surface area contributed by atoms with E-state index >= 15 is 0 Å². The molecule has 0 saturated carbocycles. The van der Waals surface area contributed by atoms with Crippen LogP contribution in [0.3, 0.4) is 0 Å². The Morgan fingerprint density at radius 1 is 0.944 bits per heavy atom. The largest absolute Gasteiger partial charge is 0.321 e. The zero-order chi connectivity index (χ0) is 13.1. The highest BCUT2D eigenvalue weighted by atomic mass is 35.5. The minimum absolute atomic E-state index is 0.315. The molecule has 2 nitrogen and oxygen atoms in total. The molecule has 0 fully saturated rings. The average molecular weight is 301 g/mol. The Morgan fingerprint density at radius 2 is 1.67 bits per heavy atom. The lowest BCUT2D eigenvalue weighted by molar-refractivity contribution is 0.102. The lowest BCUT2D eigenvalue weighted by atomic mass is 10.2. The van der Waals surface area contributed by atoms with Crippen molar-refractivity contribution in [2.24, 2.45) is 0 Å². The van der Waals surface area contributed by atoms with Crippen LogP contribution < -0.4 is 5.32 Å². The molecule has 0 saturated heterocycles. The summed E-state index contributed by atoms with van der Waals surface area (Å²) in [6.45, 7) is 0. The smallest absolute Gasteiger partial charge is 0.257 e. The number of hydrogen-bond donors (Lipinski definition) is 1. The third-order valence-electron chi connectivity index (χ3n) is 2.30. The van der Waals surface area contributed by atoms with Gasteiger partial charge in [0.15, 0.2) is 0 Å². The van der Waals surface area contributed by atoms with Crippen LogP contribution in [0.4, 0.5) is 5.69 Å². The monoisotopic (exact) mass is 299 g/mol. The van der Waals surface area contributed by atoms with Crippen LogP contribution in [0.5, 0.6) is 0 Å². The molecule has 0 spiro atoms. The number of nitrogens with one attached hydrogen (secondary N) is 1. The Hall–Kier alpha value is -1.22. The predicted molar refractivity (Wildman–Crippen MR) is 75.9 cm³/mol. The van der Waals surface area contributed by atoms with Gasteiger partial charge in [-0.05, 0) is 30.3 Å². The molecule has 1 N–H and O–H groups in total. The van der Waals surface area contributed by atoms with Crippen LogP contribution in [-0.2, 0) is 0 Å². The average Bonchev–Trinajstić information content (AvgIpc) is 2.33. The number of benzene rings is 2. The number of halogens is 3. The third kappa shape index (κ3) is 2.96. The highest BCUT2D eigenvalue weighted by molar-refractivity contribution is 6.37. The normalized spacial score (nSPS) is 10.2. The standard InChI is InChI=1S/C13H8Cl3NO/c14-8-5-6-12(11(16)7-8)17-13(18)9-3-1-2-4-10(9)15/h1-7H,(H,17,18). The molecule has 0 radical (unpaired) electrons. The van der Waals surface area contributed by atoms with Gasteiger partial charge < -0.3 is 5.32 Å². The number of carbonyl (C=O) groups excluding carboxylic acids is 1. The first-order valence-corrected chi connectivity index (χ1v) is 6.22. The molecule has 92 valence electrons. The lowest BCUT2D eigenvalue weighted by Gasteiger charge is -2.08. The second-order valence-electron chi connectivity index (χ2n) is 3.56. The molecule has 0 aliphatic rings. The molecule has 1 amide bonds. The number of amides is 1. The molecule has 0 aliphatic carbocycles. The fourth-order valence-electron chi connectivity index (χ4n) is 1.43. The Morgan fingerprint density at radius 3 is 2.33 bits per heavy atom. The van der Waals surface area contributed by atoms with Crippen LogP contribution in [0, 0.1) is 0 Å². The van der Waals surface area contributed by atoms with Gasteiger partial charge in [0.25, 0.3) is 5.91 Å². The predicted octanol–water partition coefficient (Wildman–Crippen LogP) is 4.90. The molecular formula is C13H8Cl3NO. The molecule has 0 aliphatic heterocycles. The summed E-state index contributed by atoms with van der Waals surface area (Å²) in [7, 11) is 0. The molecule has 0 heterocycles.